The first-order valence-corrected chi connectivity index (χ1v) is 6.15. The molecule has 0 aliphatic heterocycles. The number of methoxy groups -OCH3 is 1. The van der Waals surface area contributed by atoms with Gasteiger partial charge in [-0.25, -0.2) is 4.98 Å². The molecule has 0 amide bonds. The molecule has 1 aromatic carbocycles. The third-order valence-corrected chi connectivity index (χ3v) is 3.06. The summed E-state index contributed by atoms with van der Waals surface area (Å²) in [6.45, 7) is 0.743. The van der Waals surface area contributed by atoms with Crippen molar-refractivity contribution in [3.05, 3.63) is 54.4 Å². The van der Waals surface area contributed by atoms with Crippen LogP contribution in [0.3, 0.4) is 0 Å². The van der Waals surface area contributed by atoms with Crippen molar-refractivity contribution in [2.75, 3.05) is 12.4 Å². The first kappa shape index (κ1) is 11.6. The van der Waals surface area contributed by atoms with Crippen molar-refractivity contribution in [3.8, 4) is 5.88 Å². The number of fused-ring (bicyclic) bond motifs is 1. The minimum Gasteiger partial charge on any atom is -0.481 e. The van der Waals surface area contributed by atoms with Crippen LogP contribution in [0.25, 0.3) is 10.9 Å². The van der Waals surface area contributed by atoms with E-state index in [0.29, 0.717) is 5.88 Å². The molecule has 0 atom stereocenters. The van der Waals surface area contributed by atoms with Crippen LogP contribution in [0, 0.1) is 0 Å². The molecule has 2 aromatic heterocycles. The fraction of sp³-hybridized carbons (Fsp3) is 0.133. The van der Waals surface area contributed by atoms with E-state index in [4.69, 9.17) is 4.74 Å². The number of ether oxygens (including phenoxy) is 1. The van der Waals surface area contributed by atoms with Gasteiger partial charge < -0.3 is 15.0 Å². The van der Waals surface area contributed by atoms with E-state index < -0.39 is 0 Å². The van der Waals surface area contributed by atoms with Crippen LogP contribution >= 0.6 is 0 Å². The molecule has 0 saturated heterocycles. The minimum absolute atomic E-state index is 0.637. The summed E-state index contributed by atoms with van der Waals surface area (Å²) in [5, 5.41) is 4.59. The fourth-order valence-corrected chi connectivity index (χ4v) is 2.00. The molecule has 0 aliphatic carbocycles. The Morgan fingerprint density at radius 2 is 2.16 bits per heavy atom. The van der Waals surface area contributed by atoms with Crippen molar-refractivity contribution in [2.45, 2.75) is 6.54 Å². The number of nitrogens with zero attached hydrogens (tertiary/aromatic N) is 1. The highest BCUT2D eigenvalue weighted by Crippen LogP contribution is 2.18. The van der Waals surface area contributed by atoms with Gasteiger partial charge in [0.25, 0.3) is 0 Å². The lowest BCUT2D eigenvalue weighted by Gasteiger charge is -2.07. The monoisotopic (exact) mass is 253 g/mol. The van der Waals surface area contributed by atoms with Crippen LogP contribution in [0.1, 0.15) is 5.56 Å². The van der Waals surface area contributed by atoms with Gasteiger partial charge in [-0.05, 0) is 29.8 Å². The van der Waals surface area contributed by atoms with Crippen LogP contribution < -0.4 is 10.1 Å². The van der Waals surface area contributed by atoms with Gasteiger partial charge in [-0.15, -0.1) is 0 Å². The second-order valence-electron chi connectivity index (χ2n) is 4.34. The first-order chi connectivity index (χ1) is 9.35. The average Bonchev–Trinajstić information content (AvgIpc) is 2.93. The zero-order valence-corrected chi connectivity index (χ0v) is 10.7. The van der Waals surface area contributed by atoms with E-state index in [1.165, 1.54) is 5.39 Å². The maximum absolute atomic E-state index is 5.04. The molecule has 2 N–H and O–H groups in total. The fourth-order valence-electron chi connectivity index (χ4n) is 2.00. The zero-order chi connectivity index (χ0) is 13.1. The van der Waals surface area contributed by atoms with E-state index in [1.807, 2.05) is 24.5 Å². The number of nitrogens with one attached hydrogen (secondary N) is 2. The van der Waals surface area contributed by atoms with Crippen LogP contribution in [-0.4, -0.2) is 17.1 Å². The summed E-state index contributed by atoms with van der Waals surface area (Å²) in [5.74, 6) is 0.637. The van der Waals surface area contributed by atoms with E-state index in [2.05, 4.69) is 39.6 Å². The van der Waals surface area contributed by atoms with Gasteiger partial charge in [-0.1, -0.05) is 6.07 Å². The van der Waals surface area contributed by atoms with Crippen LogP contribution in [0.2, 0.25) is 0 Å². The Morgan fingerprint density at radius 1 is 1.21 bits per heavy atom. The van der Waals surface area contributed by atoms with Gasteiger partial charge in [-0.3, -0.25) is 0 Å². The standard InChI is InChI=1S/C15H15N3O/c1-19-15-5-2-11(10-18-15)9-17-13-3-4-14-12(8-13)6-7-16-14/h2-8,10,16-17H,9H2,1H3. The topological polar surface area (TPSA) is 49.9 Å². The second-order valence-corrected chi connectivity index (χ2v) is 4.34. The van der Waals surface area contributed by atoms with Gasteiger partial charge in [0, 0.05) is 41.6 Å². The molecular weight excluding hydrogens is 238 g/mol. The number of hydrogen-bond donors (Lipinski definition) is 2. The number of H-pyrrole nitrogens is 1. The molecule has 3 aromatic rings. The minimum atomic E-state index is 0.637. The number of anilines is 1. The van der Waals surface area contributed by atoms with Crippen LogP contribution in [0.4, 0.5) is 5.69 Å². The molecule has 3 rings (SSSR count). The Hall–Kier alpha value is -2.49. The second kappa shape index (κ2) is 5.02. The normalized spacial score (nSPS) is 10.6. The largest absolute Gasteiger partial charge is 0.481 e. The molecule has 0 radical (unpaired) electrons. The van der Waals surface area contributed by atoms with E-state index in [1.54, 1.807) is 7.11 Å². The highest BCUT2D eigenvalue weighted by atomic mass is 16.5. The van der Waals surface area contributed by atoms with Crippen molar-refractivity contribution in [3.63, 3.8) is 0 Å². The summed E-state index contributed by atoms with van der Waals surface area (Å²) in [4.78, 5) is 7.37. The predicted molar refractivity (Wildman–Crippen MR) is 76.4 cm³/mol. The van der Waals surface area contributed by atoms with E-state index in [-0.39, 0.29) is 0 Å². The summed E-state index contributed by atoms with van der Waals surface area (Å²) >= 11 is 0. The molecule has 4 heteroatoms. The van der Waals surface area contributed by atoms with Crippen molar-refractivity contribution < 1.29 is 4.74 Å². The molecule has 0 bridgehead atoms. The molecule has 19 heavy (non-hydrogen) atoms. The van der Waals surface area contributed by atoms with Crippen molar-refractivity contribution in [2.24, 2.45) is 0 Å². The number of rotatable bonds is 4. The van der Waals surface area contributed by atoms with Crippen LogP contribution in [-0.2, 0) is 6.54 Å². The number of aromatic amines is 1. The highest BCUT2D eigenvalue weighted by Gasteiger charge is 1.98. The third-order valence-electron chi connectivity index (χ3n) is 3.06. The van der Waals surface area contributed by atoms with E-state index in [9.17, 15) is 0 Å². The van der Waals surface area contributed by atoms with E-state index in [0.717, 1.165) is 23.3 Å². The molecule has 4 nitrogen and oxygen atoms in total. The van der Waals surface area contributed by atoms with Crippen molar-refractivity contribution >= 4 is 16.6 Å². The SMILES string of the molecule is COc1ccc(CNc2ccc3[nH]ccc3c2)cn1. The average molecular weight is 253 g/mol. The Kier molecular flexibility index (Phi) is 3.06. The molecule has 0 saturated carbocycles. The molecule has 0 fully saturated rings. The third kappa shape index (κ3) is 2.52. The van der Waals surface area contributed by atoms with Gasteiger partial charge in [0.15, 0.2) is 0 Å². The lowest BCUT2D eigenvalue weighted by atomic mass is 10.2. The first-order valence-electron chi connectivity index (χ1n) is 6.15. The maximum Gasteiger partial charge on any atom is 0.212 e. The van der Waals surface area contributed by atoms with Crippen LogP contribution in [0.5, 0.6) is 5.88 Å². The predicted octanol–water partition coefficient (Wildman–Crippen LogP) is 3.18. The van der Waals surface area contributed by atoms with E-state index >= 15 is 0 Å². The Labute approximate surface area is 111 Å². The van der Waals surface area contributed by atoms with Gasteiger partial charge in [0.05, 0.1) is 7.11 Å². The summed E-state index contributed by atoms with van der Waals surface area (Å²) in [7, 11) is 1.62. The number of aromatic nitrogens is 2. The summed E-state index contributed by atoms with van der Waals surface area (Å²) in [6, 6.07) is 12.2. The smallest absolute Gasteiger partial charge is 0.212 e. The lowest BCUT2D eigenvalue weighted by molar-refractivity contribution is 0.397. The zero-order valence-electron chi connectivity index (χ0n) is 10.7. The Morgan fingerprint density at radius 3 is 2.95 bits per heavy atom. The maximum atomic E-state index is 5.04. The molecule has 96 valence electrons. The molecule has 0 unspecified atom stereocenters. The van der Waals surface area contributed by atoms with Crippen molar-refractivity contribution in [1.29, 1.82) is 0 Å². The number of benzene rings is 1. The summed E-state index contributed by atoms with van der Waals surface area (Å²) < 4.78 is 5.04. The van der Waals surface area contributed by atoms with Gasteiger partial charge in [0.1, 0.15) is 0 Å². The van der Waals surface area contributed by atoms with Gasteiger partial charge >= 0.3 is 0 Å². The molecule has 2 heterocycles. The van der Waals surface area contributed by atoms with Gasteiger partial charge in [-0.2, -0.15) is 0 Å². The Bertz CT molecular complexity index is 673. The Balaban J connectivity index is 1.70. The van der Waals surface area contributed by atoms with Crippen molar-refractivity contribution in [1.82, 2.24) is 9.97 Å². The lowest BCUT2D eigenvalue weighted by Crippen LogP contribution is -2.00. The highest BCUT2D eigenvalue weighted by molar-refractivity contribution is 5.82. The summed E-state index contributed by atoms with van der Waals surface area (Å²) in [5.41, 5.74) is 3.37. The number of hydrogen-bond acceptors (Lipinski definition) is 3. The van der Waals surface area contributed by atoms with Gasteiger partial charge in [0.2, 0.25) is 5.88 Å². The molecule has 0 aliphatic rings. The summed E-state index contributed by atoms with van der Waals surface area (Å²) in [6.07, 6.45) is 3.77. The number of pyridine rings is 1. The molecular formula is C15H15N3O. The molecule has 0 spiro atoms. The quantitative estimate of drug-likeness (QED) is 0.750. The van der Waals surface area contributed by atoms with Crippen LogP contribution in [0.15, 0.2) is 48.8 Å².